The van der Waals surface area contributed by atoms with Crippen molar-refractivity contribution in [1.29, 1.82) is 0 Å². The molecular formula is C13H18N2O5. The first-order chi connectivity index (χ1) is 9.11. The third kappa shape index (κ3) is 4.13. The van der Waals surface area contributed by atoms with Gasteiger partial charge in [-0.05, 0) is 45.0 Å². The molecule has 1 rings (SSSR count). The van der Waals surface area contributed by atoms with Gasteiger partial charge in [-0.15, -0.1) is 0 Å². The zero-order chi connectivity index (χ0) is 15.5. The molecule has 0 bridgehead atoms. The van der Waals surface area contributed by atoms with Gasteiger partial charge in [-0.25, -0.2) is 15.4 Å². The van der Waals surface area contributed by atoms with Crippen LogP contribution >= 0.6 is 0 Å². The summed E-state index contributed by atoms with van der Waals surface area (Å²) in [6, 6.07) is 3.80. The number of hydrogen-bond acceptors (Lipinski definition) is 6. The molecule has 0 aromatic heterocycles. The van der Waals surface area contributed by atoms with E-state index in [4.69, 9.17) is 15.7 Å². The maximum Gasteiger partial charge on any atom is 0.342 e. The van der Waals surface area contributed by atoms with Gasteiger partial charge in [-0.1, -0.05) is 0 Å². The van der Waals surface area contributed by atoms with Crippen molar-refractivity contribution in [3.05, 3.63) is 24.3 Å². The van der Waals surface area contributed by atoms with Gasteiger partial charge in [0.05, 0.1) is 5.69 Å². The fourth-order valence-corrected chi connectivity index (χ4v) is 1.46. The van der Waals surface area contributed by atoms with Crippen LogP contribution in [-0.4, -0.2) is 33.8 Å². The minimum Gasteiger partial charge on any atom is -0.508 e. The highest BCUT2D eigenvalue weighted by atomic mass is 16.6. The van der Waals surface area contributed by atoms with E-state index in [1.165, 1.54) is 24.3 Å². The van der Waals surface area contributed by atoms with E-state index < -0.39 is 23.6 Å². The Balaban J connectivity index is 2.99. The molecule has 1 unspecified atom stereocenters. The molecule has 0 saturated heterocycles. The predicted octanol–water partition coefficient (Wildman–Crippen LogP) is 0.867. The van der Waals surface area contributed by atoms with Crippen LogP contribution in [0.25, 0.3) is 0 Å². The molecule has 0 radical (unpaired) electrons. The van der Waals surface area contributed by atoms with E-state index in [1.807, 2.05) is 0 Å². The molecule has 0 spiro atoms. The minimum atomic E-state index is -1.67. The molecule has 0 amide bonds. The van der Waals surface area contributed by atoms with Gasteiger partial charge in [0.2, 0.25) is 6.04 Å². The summed E-state index contributed by atoms with van der Waals surface area (Å²) in [7, 11) is 0. The number of carboxylic acids is 1. The molecule has 1 atom stereocenters. The van der Waals surface area contributed by atoms with Crippen LogP contribution in [0.1, 0.15) is 20.8 Å². The zero-order valence-electron chi connectivity index (χ0n) is 11.5. The molecule has 110 valence electrons. The van der Waals surface area contributed by atoms with Crippen LogP contribution in [0.5, 0.6) is 5.75 Å². The third-order valence-corrected chi connectivity index (χ3v) is 2.29. The molecule has 0 fully saturated rings. The number of nitrogens with zero attached hydrogens (tertiary/aromatic N) is 1. The van der Waals surface area contributed by atoms with E-state index >= 15 is 0 Å². The molecule has 7 nitrogen and oxygen atoms in total. The van der Waals surface area contributed by atoms with Crippen molar-refractivity contribution in [3.8, 4) is 5.75 Å². The maximum absolute atomic E-state index is 11.9. The summed E-state index contributed by atoms with van der Waals surface area (Å²) in [5.41, 5.74) is -0.554. The Kier molecular flexibility index (Phi) is 4.57. The monoisotopic (exact) mass is 282 g/mol. The number of carbonyl (C=O) groups is 2. The molecule has 20 heavy (non-hydrogen) atoms. The van der Waals surface area contributed by atoms with Crippen molar-refractivity contribution in [2.45, 2.75) is 32.4 Å². The third-order valence-electron chi connectivity index (χ3n) is 2.29. The Hall–Kier alpha value is -2.28. The second-order valence-electron chi connectivity index (χ2n) is 5.20. The molecule has 0 aliphatic heterocycles. The number of hydrazine groups is 1. The number of ether oxygens (including phenoxy) is 1. The summed E-state index contributed by atoms with van der Waals surface area (Å²) in [5.74, 6) is 3.31. The second-order valence-corrected chi connectivity index (χ2v) is 5.20. The number of carbonyl (C=O) groups excluding carboxylic acids is 1. The molecule has 0 aliphatic rings. The Morgan fingerprint density at radius 1 is 1.25 bits per heavy atom. The smallest absolute Gasteiger partial charge is 0.342 e. The quantitative estimate of drug-likeness (QED) is 0.325. The van der Waals surface area contributed by atoms with E-state index in [0.717, 1.165) is 5.01 Å². The van der Waals surface area contributed by atoms with E-state index in [2.05, 4.69) is 0 Å². The standard InChI is InChI=1S/C13H18N2O5/c1-13(2,3)20-12(19)10(11(17)18)15(14)8-4-6-9(16)7-5-8/h4-7,10,16H,14H2,1-3H3,(H,17,18). The number of esters is 1. The number of aliphatic carboxylic acids is 1. The number of benzene rings is 1. The normalized spacial score (nSPS) is 12.6. The average molecular weight is 282 g/mol. The SMILES string of the molecule is CC(C)(C)OC(=O)C(C(=O)O)N(N)c1ccc(O)cc1. The first-order valence-corrected chi connectivity index (χ1v) is 5.90. The van der Waals surface area contributed by atoms with Crippen molar-refractivity contribution < 1.29 is 24.5 Å². The zero-order valence-corrected chi connectivity index (χ0v) is 11.5. The number of rotatable bonds is 4. The van der Waals surface area contributed by atoms with Crippen LogP contribution in [0.3, 0.4) is 0 Å². The largest absolute Gasteiger partial charge is 0.508 e. The Morgan fingerprint density at radius 2 is 1.75 bits per heavy atom. The summed E-state index contributed by atoms with van der Waals surface area (Å²) < 4.78 is 5.04. The summed E-state index contributed by atoms with van der Waals surface area (Å²) in [5, 5.41) is 19.1. The van der Waals surface area contributed by atoms with Gasteiger partial charge < -0.3 is 14.9 Å². The molecule has 4 N–H and O–H groups in total. The Bertz CT molecular complexity index is 492. The lowest BCUT2D eigenvalue weighted by molar-refractivity contribution is -0.162. The molecular weight excluding hydrogens is 264 g/mol. The number of phenols is 1. The van der Waals surface area contributed by atoms with Crippen LogP contribution in [0, 0.1) is 0 Å². The van der Waals surface area contributed by atoms with Crippen molar-refractivity contribution in [2.24, 2.45) is 5.84 Å². The second kappa shape index (κ2) is 5.79. The van der Waals surface area contributed by atoms with E-state index in [9.17, 15) is 14.7 Å². The van der Waals surface area contributed by atoms with Crippen molar-refractivity contribution in [1.82, 2.24) is 0 Å². The van der Waals surface area contributed by atoms with Gasteiger partial charge in [-0.2, -0.15) is 0 Å². The van der Waals surface area contributed by atoms with Crippen molar-refractivity contribution in [3.63, 3.8) is 0 Å². The number of aromatic hydroxyl groups is 1. The Labute approximate surface area is 116 Å². The van der Waals surface area contributed by atoms with Gasteiger partial charge in [0.15, 0.2) is 0 Å². The maximum atomic E-state index is 11.9. The first-order valence-electron chi connectivity index (χ1n) is 5.90. The molecule has 1 aromatic rings. The lowest BCUT2D eigenvalue weighted by Gasteiger charge is -2.28. The van der Waals surface area contributed by atoms with Gasteiger partial charge in [0.1, 0.15) is 11.4 Å². The van der Waals surface area contributed by atoms with E-state index in [1.54, 1.807) is 20.8 Å². The lowest BCUT2D eigenvalue weighted by atomic mass is 10.2. The van der Waals surface area contributed by atoms with E-state index in [0.29, 0.717) is 0 Å². The summed E-state index contributed by atoms with van der Waals surface area (Å²) in [4.78, 5) is 23.1. The van der Waals surface area contributed by atoms with Crippen LogP contribution in [-0.2, 0) is 14.3 Å². The fraction of sp³-hybridized carbons (Fsp3) is 0.385. The van der Waals surface area contributed by atoms with Crippen LogP contribution in [0.4, 0.5) is 5.69 Å². The highest BCUT2D eigenvalue weighted by Crippen LogP contribution is 2.19. The number of nitrogens with two attached hydrogens (primary N) is 1. The predicted molar refractivity (Wildman–Crippen MR) is 72.0 cm³/mol. The molecule has 0 saturated carbocycles. The Morgan fingerprint density at radius 3 is 2.15 bits per heavy atom. The highest BCUT2D eigenvalue weighted by Gasteiger charge is 2.35. The fourth-order valence-electron chi connectivity index (χ4n) is 1.46. The van der Waals surface area contributed by atoms with Gasteiger partial charge in [-0.3, -0.25) is 5.01 Å². The summed E-state index contributed by atoms with van der Waals surface area (Å²) >= 11 is 0. The topological polar surface area (TPSA) is 113 Å². The number of hydrogen-bond donors (Lipinski definition) is 3. The molecule has 1 aromatic carbocycles. The van der Waals surface area contributed by atoms with Crippen LogP contribution in [0.2, 0.25) is 0 Å². The summed E-state index contributed by atoms with van der Waals surface area (Å²) in [6.45, 7) is 4.89. The number of anilines is 1. The number of carboxylic acid groups (broad SMARTS) is 1. The number of phenolic OH excluding ortho intramolecular Hbond substituents is 1. The van der Waals surface area contributed by atoms with Gasteiger partial charge in [0.25, 0.3) is 0 Å². The van der Waals surface area contributed by atoms with E-state index in [-0.39, 0.29) is 11.4 Å². The molecule has 0 aliphatic carbocycles. The molecule has 7 heteroatoms. The average Bonchev–Trinajstić information content (AvgIpc) is 2.26. The van der Waals surface area contributed by atoms with Crippen LogP contribution < -0.4 is 10.9 Å². The lowest BCUT2D eigenvalue weighted by Crippen LogP contribution is -2.53. The van der Waals surface area contributed by atoms with Crippen LogP contribution in [0.15, 0.2) is 24.3 Å². The van der Waals surface area contributed by atoms with Crippen molar-refractivity contribution >= 4 is 17.6 Å². The van der Waals surface area contributed by atoms with Gasteiger partial charge in [0, 0.05) is 0 Å². The highest BCUT2D eigenvalue weighted by molar-refractivity contribution is 6.01. The molecule has 0 heterocycles. The van der Waals surface area contributed by atoms with Gasteiger partial charge >= 0.3 is 11.9 Å². The van der Waals surface area contributed by atoms with Crippen molar-refractivity contribution in [2.75, 3.05) is 5.01 Å². The first kappa shape index (κ1) is 15.8. The summed E-state index contributed by atoms with van der Waals surface area (Å²) in [6.07, 6.45) is 0. The minimum absolute atomic E-state index is 0.00583.